The molecule has 0 N–H and O–H groups in total. The fourth-order valence-electron chi connectivity index (χ4n) is 9.15. The molecule has 0 atom stereocenters. The Morgan fingerprint density at radius 2 is 1.38 bits per heavy atom. The Morgan fingerprint density at radius 3 is 2.23 bits per heavy atom. The van der Waals surface area contributed by atoms with Crippen molar-refractivity contribution in [2.45, 2.75) is 0 Å². The molecule has 0 saturated carbocycles. The molecular formula is C49H26BN3O3. The number of nitrogens with zero attached hydrogens (tertiary/aromatic N) is 3. The molecule has 0 spiro atoms. The molecule has 0 fully saturated rings. The number of furan rings is 2. The molecule has 0 aliphatic carbocycles. The van der Waals surface area contributed by atoms with E-state index in [1.807, 2.05) is 89.8 Å². The molecule has 3 aromatic heterocycles. The van der Waals surface area contributed by atoms with Crippen molar-refractivity contribution in [2.24, 2.45) is 0 Å². The maximum atomic E-state index is 9.83. The highest BCUT2D eigenvalue weighted by atomic mass is 16.5. The minimum absolute atomic E-state index is 0.205. The topological polar surface area (TPSA) is 67.5 Å². The number of fused-ring (bicyclic) bond motifs is 16. The molecule has 258 valence electrons. The van der Waals surface area contributed by atoms with Crippen molar-refractivity contribution in [3.63, 3.8) is 0 Å². The van der Waals surface area contributed by atoms with Crippen molar-refractivity contribution in [1.29, 1.82) is 5.26 Å². The van der Waals surface area contributed by atoms with Crippen LogP contribution in [0.2, 0.25) is 0 Å². The summed E-state index contributed by atoms with van der Waals surface area (Å²) in [5, 5.41) is 14.0. The summed E-state index contributed by atoms with van der Waals surface area (Å²) in [6.45, 7) is -0.569. The Morgan fingerprint density at radius 1 is 0.589 bits per heavy atom. The summed E-state index contributed by atoms with van der Waals surface area (Å²) in [5.74, 6) is 0.979. The number of ether oxygens (including phenoxy) is 1. The lowest BCUT2D eigenvalue weighted by molar-refractivity contribution is 0.487. The van der Waals surface area contributed by atoms with E-state index < -0.39 is 6.71 Å². The van der Waals surface area contributed by atoms with E-state index in [9.17, 15) is 6.63 Å². The first-order valence-electron chi connectivity index (χ1n) is 22.1. The molecule has 0 unspecified atom stereocenters. The van der Waals surface area contributed by atoms with Gasteiger partial charge < -0.3 is 23.0 Å². The second kappa shape index (κ2) is 10.7. The van der Waals surface area contributed by atoms with Gasteiger partial charge >= 0.3 is 0 Å². The Hall–Kier alpha value is -7.69. The minimum Gasteiger partial charge on any atom is -0.458 e. The van der Waals surface area contributed by atoms with E-state index in [1.54, 1.807) is 22.8 Å². The van der Waals surface area contributed by atoms with Crippen LogP contribution in [0.4, 0.5) is 17.1 Å². The van der Waals surface area contributed by atoms with Gasteiger partial charge in [-0.15, -0.1) is 0 Å². The number of hydrogen-bond acceptors (Lipinski definition) is 5. The number of benzene rings is 8. The first-order chi connectivity index (χ1) is 31.0. The highest BCUT2D eigenvalue weighted by Crippen LogP contribution is 2.50. The van der Waals surface area contributed by atoms with Crippen LogP contribution in [-0.2, 0) is 0 Å². The zero-order valence-electron chi connectivity index (χ0n) is 37.0. The van der Waals surface area contributed by atoms with Crippen LogP contribution in [0.1, 0.15) is 16.5 Å². The Bertz CT molecular complexity index is 4040. The zero-order chi connectivity index (χ0) is 43.6. The molecule has 8 aromatic carbocycles. The third kappa shape index (κ3) is 3.75. The second-order valence-corrected chi connectivity index (χ2v) is 14.1. The van der Waals surface area contributed by atoms with E-state index in [0.717, 1.165) is 32.5 Å². The molecule has 11 aromatic rings. The van der Waals surface area contributed by atoms with Gasteiger partial charge in [-0.3, -0.25) is 0 Å². The predicted octanol–water partition coefficient (Wildman–Crippen LogP) is 10.9. The molecule has 13 rings (SSSR count). The average Bonchev–Trinajstić information content (AvgIpc) is 4.00. The summed E-state index contributed by atoms with van der Waals surface area (Å²) in [6, 6.07) is 33.3. The monoisotopic (exact) mass is 723 g/mol. The van der Waals surface area contributed by atoms with E-state index in [1.165, 1.54) is 6.07 Å². The van der Waals surface area contributed by atoms with Crippen LogP contribution < -0.4 is 26.0 Å². The highest BCUT2D eigenvalue weighted by Gasteiger charge is 2.46. The van der Waals surface area contributed by atoms with Crippen LogP contribution >= 0.6 is 0 Å². The second-order valence-electron chi connectivity index (χ2n) is 14.1. The normalized spacial score (nSPS) is 15.1. The molecule has 0 saturated heterocycles. The molecule has 0 amide bonds. The molecule has 5 heterocycles. The third-order valence-electron chi connectivity index (χ3n) is 11.3. The summed E-state index contributed by atoms with van der Waals surface area (Å²) < 4.78 is 93.0. The van der Waals surface area contributed by atoms with Crippen LogP contribution in [-0.4, -0.2) is 11.3 Å². The summed E-state index contributed by atoms with van der Waals surface area (Å²) >= 11 is 0. The lowest BCUT2D eigenvalue weighted by Crippen LogP contribution is -2.59. The molecule has 56 heavy (non-hydrogen) atoms. The summed E-state index contributed by atoms with van der Waals surface area (Å²) in [7, 11) is 0. The van der Waals surface area contributed by atoms with Crippen LogP contribution in [0.5, 0.6) is 11.5 Å². The molecule has 2 aliphatic heterocycles. The van der Waals surface area contributed by atoms with Crippen molar-refractivity contribution >= 4 is 106 Å². The first-order valence-corrected chi connectivity index (χ1v) is 18.1. The maximum Gasteiger partial charge on any atom is 0.261 e. The van der Waals surface area contributed by atoms with Gasteiger partial charge in [0.15, 0.2) is 5.58 Å². The fraction of sp³-hybridized carbons (Fsp3) is 0. The number of nitriles is 1. The summed E-state index contributed by atoms with van der Waals surface area (Å²) in [6.07, 6.45) is 0. The number of aromatic nitrogens is 1. The number of para-hydroxylation sites is 4. The number of rotatable bonds is 2. The van der Waals surface area contributed by atoms with Crippen molar-refractivity contribution in [1.82, 2.24) is 4.57 Å². The van der Waals surface area contributed by atoms with Gasteiger partial charge in [-0.1, -0.05) is 84.8 Å². The van der Waals surface area contributed by atoms with Gasteiger partial charge in [0.2, 0.25) is 0 Å². The van der Waals surface area contributed by atoms with Crippen LogP contribution in [0.15, 0.2) is 166 Å². The standard InChI is InChI=1S/C49H26BN3O3/c51-27-28-21-24-37-34(25-28)31-13-4-7-16-36(31)52(37)30-22-23-35-42(26-30)54-41-20-10-17-38-45(41)50(35)46-47(53(38)29-11-2-1-3-12-29)49-44(33-15-6-9-19-40(33)56-49)43-32-14-5-8-18-39(32)55-48(43)46/h1-26H/i1D,2D,3D,4D,7D,11D,13D,16D. The number of anilines is 3. The number of hydrogen-bond donors (Lipinski definition) is 0. The van der Waals surface area contributed by atoms with Gasteiger partial charge in [0.25, 0.3) is 6.71 Å². The van der Waals surface area contributed by atoms with E-state index in [4.69, 9.17) is 23.2 Å². The van der Waals surface area contributed by atoms with Gasteiger partial charge in [-0.05, 0) is 77.6 Å². The van der Waals surface area contributed by atoms with Crippen LogP contribution in [0.3, 0.4) is 0 Å². The van der Waals surface area contributed by atoms with Crippen LogP contribution in [0.25, 0.3) is 71.4 Å². The van der Waals surface area contributed by atoms with Crippen molar-refractivity contribution < 1.29 is 24.5 Å². The Kier molecular flexibility index (Phi) is 4.44. The SMILES string of the molecule is [2H]c1cc(N2c3cccc4c3B(c3ccc(-n5c6ccc(C#N)cc6c6c([2H])c([2H])c([2H])c([2H])c65)cc3O4)c3c2c2oc4ccccc4c2c2c3oc3ccccc32)c([2H])c([2H])c1[2H]. The van der Waals surface area contributed by atoms with Gasteiger partial charge in [0, 0.05) is 60.9 Å². The summed E-state index contributed by atoms with van der Waals surface area (Å²) in [4.78, 5) is 1.85. The quantitative estimate of drug-likeness (QED) is 0.166. The highest BCUT2D eigenvalue weighted by molar-refractivity contribution is 7.01. The molecule has 0 radical (unpaired) electrons. The largest absolute Gasteiger partial charge is 0.458 e. The van der Waals surface area contributed by atoms with Gasteiger partial charge in [0.05, 0.1) is 39.3 Å². The van der Waals surface area contributed by atoms with Gasteiger partial charge in [-0.2, -0.15) is 5.26 Å². The maximum absolute atomic E-state index is 9.83. The van der Waals surface area contributed by atoms with Crippen molar-refractivity contribution in [3.05, 3.63) is 163 Å². The predicted molar refractivity (Wildman–Crippen MR) is 226 cm³/mol. The van der Waals surface area contributed by atoms with E-state index in [0.29, 0.717) is 78.2 Å². The molecule has 2 aliphatic rings. The Labute approximate surface area is 330 Å². The fourth-order valence-corrected chi connectivity index (χ4v) is 9.15. The van der Waals surface area contributed by atoms with Crippen molar-refractivity contribution in [3.8, 4) is 23.3 Å². The van der Waals surface area contributed by atoms with E-state index >= 15 is 0 Å². The van der Waals surface area contributed by atoms with E-state index in [-0.39, 0.29) is 59.5 Å². The van der Waals surface area contributed by atoms with Gasteiger partial charge in [0.1, 0.15) is 28.2 Å². The molecule has 0 bridgehead atoms. The third-order valence-corrected chi connectivity index (χ3v) is 11.3. The minimum atomic E-state index is -0.569. The smallest absolute Gasteiger partial charge is 0.261 e. The zero-order valence-corrected chi connectivity index (χ0v) is 29.0. The van der Waals surface area contributed by atoms with Crippen molar-refractivity contribution in [2.75, 3.05) is 4.90 Å². The lowest BCUT2D eigenvalue weighted by Gasteiger charge is -2.39. The van der Waals surface area contributed by atoms with Gasteiger partial charge in [-0.25, -0.2) is 0 Å². The van der Waals surface area contributed by atoms with Crippen LogP contribution in [0, 0.1) is 11.3 Å². The lowest BCUT2D eigenvalue weighted by atomic mass is 9.34. The molecule has 6 nitrogen and oxygen atoms in total. The summed E-state index contributed by atoms with van der Waals surface area (Å²) in [5.41, 5.74) is 7.75. The average molecular weight is 724 g/mol. The Balaban J connectivity index is 1.16. The molecular weight excluding hydrogens is 689 g/mol. The first kappa shape index (κ1) is 23.2. The van der Waals surface area contributed by atoms with E-state index in [2.05, 4.69) is 6.07 Å². The molecule has 7 heteroatoms.